The van der Waals surface area contributed by atoms with Gasteiger partial charge in [-0.1, -0.05) is 15.9 Å². The summed E-state index contributed by atoms with van der Waals surface area (Å²) >= 11 is 3.39. The lowest BCUT2D eigenvalue weighted by molar-refractivity contribution is -0.0373. The normalized spacial score (nSPS) is 23.2. The standard InChI is InChI=1S/C13H18BrNO2/c14-11-1-3-12(4-2-11)16-5-6-17-13-7-10(8-13)9-15/h1-4,10,13H,5-9,15H2. The van der Waals surface area contributed by atoms with Gasteiger partial charge in [-0.05, 0) is 49.6 Å². The van der Waals surface area contributed by atoms with Crippen LogP contribution in [-0.2, 0) is 4.74 Å². The largest absolute Gasteiger partial charge is 0.491 e. The molecule has 1 aliphatic rings. The first-order valence-corrected chi connectivity index (χ1v) is 6.77. The van der Waals surface area contributed by atoms with E-state index in [9.17, 15) is 0 Å². The monoisotopic (exact) mass is 299 g/mol. The van der Waals surface area contributed by atoms with Crippen LogP contribution in [0.15, 0.2) is 28.7 Å². The molecule has 17 heavy (non-hydrogen) atoms. The summed E-state index contributed by atoms with van der Waals surface area (Å²) in [6, 6.07) is 7.82. The average molecular weight is 300 g/mol. The SMILES string of the molecule is NCC1CC(OCCOc2ccc(Br)cc2)C1. The second kappa shape index (κ2) is 6.38. The van der Waals surface area contributed by atoms with Gasteiger partial charge in [0.05, 0.1) is 12.7 Å². The summed E-state index contributed by atoms with van der Waals surface area (Å²) in [4.78, 5) is 0. The van der Waals surface area contributed by atoms with Crippen LogP contribution < -0.4 is 10.5 Å². The van der Waals surface area contributed by atoms with Gasteiger partial charge in [-0.2, -0.15) is 0 Å². The first kappa shape index (κ1) is 12.9. The molecule has 2 rings (SSSR count). The Morgan fingerprint density at radius 3 is 2.53 bits per heavy atom. The summed E-state index contributed by atoms with van der Waals surface area (Å²) in [5.74, 6) is 1.55. The Balaban J connectivity index is 1.56. The van der Waals surface area contributed by atoms with Crippen molar-refractivity contribution < 1.29 is 9.47 Å². The molecule has 0 radical (unpaired) electrons. The van der Waals surface area contributed by atoms with E-state index in [0.717, 1.165) is 29.6 Å². The Labute approximate surface area is 110 Å². The number of ether oxygens (including phenoxy) is 2. The highest BCUT2D eigenvalue weighted by Crippen LogP contribution is 2.28. The maximum atomic E-state index is 5.67. The van der Waals surface area contributed by atoms with Crippen LogP contribution in [0.25, 0.3) is 0 Å². The molecule has 0 heterocycles. The van der Waals surface area contributed by atoms with Crippen molar-refractivity contribution in [2.75, 3.05) is 19.8 Å². The van der Waals surface area contributed by atoms with E-state index in [-0.39, 0.29) is 0 Å². The Bertz CT molecular complexity index is 336. The fourth-order valence-electron chi connectivity index (χ4n) is 1.91. The van der Waals surface area contributed by atoms with Crippen molar-refractivity contribution >= 4 is 15.9 Å². The van der Waals surface area contributed by atoms with Crippen LogP contribution in [0.3, 0.4) is 0 Å². The molecule has 0 aliphatic heterocycles. The molecule has 1 aromatic rings. The molecule has 0 atom stereocenters. The summed E-state index contributed by atoms with van der Waals surface area (Å²) in [5.41, 5.74) is 5.55. The molecule has 3 nitrogen and oxygen atoms in total. The fraction of sp³-hybridized carbons (Fsp3) is 0.538. The molecule has 0 saturated heterocycles. The second-order valence-electron chi connectivity index (χ2n) is 4.37. The van der Waals surface area contributed by atoms with Gasteiger partial charge >= 0.3 is 0 Å². The number of hydrogen-bond donors (Lipinski definition) is 1. The lowest BCUT2D eigenvalue weighted by atomic mass is 9.82. The predicted octanol–water partition coefficient (Wildman–Crippen LogP) is 2.58. The Morgan fingerprint density at radius 2 is 1.88 bits per heavy atom. The van der Waals surface area contributed by atoms with Gasteiger partial charge in [-0.25, -0.2) is 0 Å². The summed E-state index contributed by atoms with van der Waals surface area (Å²) in [7, 11) is 0. The zero-order valence-electron chi connectivity index (χ0n) is 9.77. The summed E-state index contributed by atoms with van der Waals surface area (Å²) in [6.45, 7) is 2.04. The zero-order valence-corrected chi connectivity index (χ0v) is 11.4. The summed E-state index contributed by atoms with van der Waals surface area (Å²) in [5, 5.41) is 0. The van der Waals surface area contributed by atoms with E-state index >= 15 is 0 Å². The number of rotatable bonds is 6. The van der Waals surface area contributed by atoms with Crippen molar-refractivity contribution in [1.82, 2.24) is 0 Å². The molecular weight excluding hydrogens is 282 g/mol. The minimum Gasteiger partial charge on any atom is -0.491 e. The van der Waals surface area contributed by atoms with E-state index in [4.69, 9.17) is 15.2 Å². The average Bonchev–Trinajstić information content (AvgIpc) is 2.29. The first-order chi connectivity index (χ1) is 8.28. The lowest BCUT2D eigenvalue weighted by Gasteiger charge is -2.34. The molecule has 1 aromatic carbocycles. The second-order valence-corrected chi connectivity index (χ2v) is 5.28. The molecular formula is C13H18BrNO2. The maximum absolute atomic E-state index is 5.67. The molecule has 0 amide bonds. The molecule has 1 saturated carbocycles. The third kappa shape index (κ3) is 3.98. The van der Waals surface area contributed by atoms with E-state index < -0.39 is 0 Å². The highest BCUT2D eigenvalue weighted by molar-refractivity contribution is 9.10. The smallest absolute Gasteiger partial charge is 0.119 e. The van der Waals surface area contributed by atoms with Crippen LogP contribution >= 0.6 is 15.9 Å². The maximum Gasteiger partial charge on any atom is 0.119 e. The van der Waals surface area contributed by atoms with Crippen molar-refractivity contribution in [2.24, 2.45) is 11.7 Å². The third-order valence-electron chi connectivity index (χ3n) is 3.05. The fourth-order valence-corrected chi connectivity index (χ4v) is 2.17. The molecule has 0 unspecified atom stereocenters. The van der Waals surface area contributed by atoms with E-state index in [1.807, 2.05) is 24.3 Å². The van der Waals surface area contributed by atoms with Crippen LogP contribution in [-0.4, -0.2) is 25.9 Å². The van der Waals surface area contributed by atoms with Gasteiger partial charge in [0.15, 0.2) is 0 Å². The van der Waals surface area contributed by atoms with Gasteiger partial charge in [-0.15, -0.1) is 0 Å². The van der Waals surface area contributed by atoms with Crippen LogP contribution in [0.1, 0.15) is 12.8 Å². The first-order valence-electron chi connectivity index (χ1n) is 5.98. The Kier molecular flexibility index (Phi) is 4.83. The molecule has 1 aliphatic carbocycles. The van der Waals surface area contributed by atoms with E-state index in [2.05, 4.69) is 15.9 Å². The van der Waals surface area contributed by atoms with Crippen molar-refractivity contribution in [3.8, 4) is 5.75 Å². The van der Waals surface area contributed by atoms with Crippen molar-refractivity contribution in [2.45, 2.75) is 18.9 Å². The molecule has 2 N–H and O–H groups in total. The van der Waals surface area contributed by atoms with Crippen LogP contribution in [0.5, 0.6) is 5.75 Å². The molecule has 1 fully saturated rings. The van der Waals surface area contributed by atoms with Crippen LogP contribution in [0.4, 0.5) is 0 Å². The van der Waals surface area contributed by atoms with Gasteiger partial charge in [0.1, 0.15) is 12.4 Å². The quantitative estimate of drug-likeness (QED) is 0.821. The van der Waals surface area contributed by atoms with Gasteiger partial charge in [-0.3, -0.25) is 0 Å². The van der Waals surface area contributed by atoms with E-state index in [1.54, 1.807) is 0 Å². The number of halogens is 1. The van der Waals surface area contributed by atoms with Crippen molar-refractivity contribution in [3.05, 3.63) is 28.7 Å². The number of benzene rings is 1. The van der Waals surface area contributed by atoms with Gasteiger partial charge in [0, 0.05) is 4.47 Å². The van der Waals surface area contributed by atoms with E-state index in [0.29, 0.717) is 25.2 Å². The topological polar surface area (TPSA) is 44.5 Å². The minimum atomic E-state index is 0.400. The lowest BCUT2D eigenvalue weighted by Crippen LogP contribution is -2.36. The summed E-state index contributed by atoms with van der Waals surface area (Å²) < 4.78 is 12.3. The molecule has 0 spiro atoms. The Hall–Kier alpha value is -0.580. The number of hydrogen-bond acceptors (Lipinski definition) is 3. The minimum absolute atomic E-state index is 0.400. The van der Waals surface area contributed by atoms with Crippen molar-refractivity contribution in [1.29, 1.82) is 0 Å². The van der Waals surface area contributed by atoms with Gasteiger partial charge in [0.2, 0.25) is 0 Å². The zero-order chi connectivity index (χ0) is 12.1. The van der Waals surface area contributed by atoms with Gasteiger partial charge in [0.25, 0.3) is 0 Å². The van der Waals surface area contributed by atoms with Gasteiger partial charge < -0.3 is 15.2 Å². The highest BCUT2D eigenvalue weighted by atomic mass is 79.9. The van der Waals surface area contributed by atoms with Crippen LogP contribution in [0, 0.1) is 5.92 Å². The molecule has 0 bridgehead atoms. The molecule has 0 aromatic heterocycles. The summed E-state index contributed by atoms with van der Waals surface area (Å²) in [6.07, 6.45) is 2.61. The highest BCUT2D eigenvalue weighted by Gasteiger charge is 2.28. The Morgan fingerprint density at radius 1 is 1.18 bits per heavy atom. The predicted molar refractivity (Wildman–Crippen MR) is 71.2 cm³/mol. The van der Waals surface area contributed by atoms with Crippen LogP contribution in [0.2, 0.25) is 0 Å². The third-order valence-corrected chi connectivity index (χ3v) is 3.57. The molecule has 4 heteroatoms. The van der Waals surface area contributed by atoms with E-state index in [1.165, 1.54) is 0 Å². The van der Waals surface area contributed by atoms with Crippen molar-refractivity contribution in [3.63, 3.8) is 0 Å². The molecule has 94 valence electrons. The number of nitrogens with two attached hydrogens (primary N) is 1.